The van der Waals surface area contributed by atoms with E-state index in [1.54, 1.807) is 0 Å². The van der Waals surface area contributed by atoms with Crippen LogP contribution in [-0.2, 0) is 0 Å². The summed E-state index contributed by atoms with van der Waals surface area (Å²) in [7, 11) is 8.68. The molecule has 0 fully saturated rings. The zero-order valence-electron chi connectivity index (χ0n) is 12.3. The molecule has 0 spiro atoms. The van der Waals surface area contributed by atoms with Crippen molar-refractivity contribution in [3.63, 3.8) is 0 Å². The number of nitrogens with zero attached hydrogens (tertiary/aromatic N) is 3. The largest absolute Gasteiger partial charge is 0.308 e. The van der Waals surface area contributed by atoms with Crippen molar-refractivity contribution in [2.45, 2.75) is 26.8 Å². The Bertz CT molecular complexity index is 169. The maximum Gasteiger partial charge on any atom is 0.0109 e. The molecule has 0 aromatic carbocycles. The molecule has 16 heavy (non-hydrogen) atoms. The predicted octanol–water partition coefficient (Wildman–Crippen LogP) is 1.46. The van der Waals surface area contributed by atoms with Gasteiger partial charge in [0, 0.05) is 32.2 Å². The minimum absolute atomic E-state index is 0.669. The molecule has 0 aromatic rings. The van der Waals surface area contributed by atoms with Gasteiger partial charge in [-0.15, -0.1) is 0 Å². The molecule has 1 atom stereocenters. The number of hydrogen-bond donors (Lipinski definition) is 0. The first-order valence-electron chi connectivity index (χ1n) is 6.38. The van der Waals surface area contributed by atoms with Crippen LogP contribution in [0.5, 0.6) is 0 Å². The third-order valence-electron chi connectivity index (χ3n) is 3.42. The highest BCUT2D eigenvalue weighted by Gasteiger charge is 2.12. The summed E-state index contributed by atoms with van der Waals surface area (Å²) in [5.74, 6) is 0.733. The second kappa shape index (κ2) is 8.04. The van der Waals surface area contributed by atoms with Crippen molar-refractivity contribution in [2.75, 3.05) is 54.4 Å². The fourth-order valence-corrected chi connectivity index (χ4v) is 1.52. The highest BCUT2D eigenvalue weighted by molar-refractivity contribution is 4.68. The van der Waals surface area contributed by atoms with Crippen LogP contribution in [0.15, 0.2) is 0 Å². The van der Waals surface area contributed by atoms with Crippen molar-refractivity contribution in [3.8, 4) is 0 Å². The molecule has 0 N–H and O–H groups in total. The van der Waals surface area contributed by atoms with E-state index in [-0.39, 0.29) is 0 Å². The molecule has 3 nitrogen and oxygen atoms in total. The van der Waals surface area contributed by atoms with Gasteiger partial charge in [-0.3, -0.25) is 0 Å². The lowest BCUT2D eigenvalue weighted by Gasteiger charge is -2.29. The lowest BCUT2D eigenvalue weighted by Crippen LogP contribution is -2.40. The maximum atomic E-state index is 2.46. The number of hydrogen-bond acceptors (Lipinski definition) is 3. The quantitative estimate of drug-likeness (QED) is 0.624. The SMILES string of the molecule is CC(C)C(C)N(C)CCN(C)CCN(C)C. The Labute approximate surface area is 102 Å². The Morgan fingerprint density at radius 1 is 0.750 bits per heavy atom. The Hall–Kier alpha value is -0.120. The van der Waals surface area contributed by atoms with Gasteiger partial charge >= 0.3 is 0 Å². The minimum Gasteiger partial charge on any atom is -0.308 e. The summed E-state index contributed by atoms with van der Waals surface area (Å²) in [5, 5.41) is 0. The summed E-state index contributed by atoms with van der Waals surface area (Å²) in [5.41, 5.74) is 0. The summed E-state index contributed by atoms with van der Waals surface area (Å²) < 4.78 is 0. The fourth-order valence-electron chi connectivity index (χ4n) is 1.52. The van der Waals surface area contributed by atoms with Crippen LogP contribution in [0, 0.1) is 5.92 Å². The van der Waals surface area contributed by atoms with E-state index in [1.165, 1.54) is 0 Å². The zero-order valence-corrected chi connectivity index (χ0v) is 12.3. The Morgan fingerprint density at radius 2 is 1.25 bits per heavy atom. The van der Waals surface area contributed by atoms with Gasteiger partial charge in [-0.1, -0.05) is 13.8 Å². The Kier molecular flexibility index (Phi) is 7.98. The first-order chi connectivity index (χ1) is 7.34. The average Bonchev–Trinajstić information content (AvgIpc) is 2.21. The monoisotopic (exact) mass is 229 g/mol. The second-order valence-electron chi connectivity index (χ2n) is 5.57. The summed E-state index contributed by atoms with van der Waals surface area (Å²) in [4.78, 5) is 7.09. The van der Waals surface area contributed by atoms with Gasteiger partial charge in [0.05, 0.1) is 0 Å². The highest BCUT2D eigenvalue weighted by Crippen LogP contribution is 2.07. The van der Waals surface area contributed by atoms with Gasteiger partial charge in [0.1, 0.15) is 0 Å². The van der Waals surface area contributed by atoms with Crippen LogP contribution in [-0.4, -0.2) is 75.1 Å². The molecule has 1 unspecified atom stereocenters. The van der Waals surface area contributed by atoms with E-state index in [0.717, 1.165) is 32.1 Å². The van der Waals surface area contributed by atoms with Crippen LogP contribution in [0.2, 0.25) is 0 Å². The maximum absolute atomic E-state index is 2.46. The molecule has 0 aromatic heterocycles. The van der Waals surface area contributed by atoms with E-state index in [9.17, 15) is 0 Å². The summed E-state index contributed by atoms with van der Waals surface area (Å²) in [6.45, 7) is 11.5. The van der Waals surface area contributed by atoms with Gasteiger partial charge < -0.3 is 14.7 Å². The van der Waals surface area contributed by atoms with Crippen LogP contribution in [0.25, 0.3) is 0 Å². The fraction of sp³-hybridized carbons (Fsp3) is 1.00. The van der Waals surface area contributed by atoms with E-state index < -0.39 is 0 Å². The van der Waals surface area contributed by atoms with Crippen LogP contribution in [0.1, 0.15) is 20.8 Å². The highest BCUT2D eigenvalue weighted by atomic mass is 15.2. The summed E-state index contributed by atoms with van der Waals surface area (Å²) in [6, 6.07) is 0.669. The molecule has 0 amide bonds. The Morgan fingerprint density at radius 3 is 1.69 bits per heavy atom. The first-order valence-corrected chi connectivity index (χ1v) is 6.38. The van der Waals surface area contributed by atoms with Gasteiger partial charge in [-0.05, 0) is 41.0 Å². The van der Waals surface area contributed by atoms with Crippen molar-refractivity contribution >= 4 is 0 Å². The summed E-state index contributed by atoms with van der Waals surface area (Å²) in [6.07, 6.45) is 0. The first kappa shape index (κ1) is 15.9. The third kappa shape index (κ3) is 7.20. The van der Waals surface area contributed by atoms with Crippen molar-refractivity contribution in [3.05, 3.63) is 0 Å². The zero-order chi connectivity index (χ0) is 12.7. The smallest absolute Gasteiger partial charge is 0.0109 e. The van der Waals surface area contributed by atoms with Crippen molar-refractivity contribution in [2.24, 2.45) is 5.92 Å². The molecular weight excluding hydrogens is 198 g/mol. The predicted molar refractivity (Wildman–Crippen MR) is 73.0 cm³/mol. The standard InChI is InChI=1S/C13H31N3/c1-12(2)13(3)16(7)11-10-15(6)9-8-14(4)5/h12-13H,8-11H2,1-7H3. The number of likely N-dealkylation sites (N-methyl/N-ethyl adjacent to an activating group) is 3. The number of rotatable bonds is 8. The van der Waals surface area contributed by atoms with Crippen LogP contribution in [0.4, 0.5) is 0 Å². The molecule has 0 saturated heterocycles. The van der Waals surface area contributed by atoms with Gasteiger partial charge in [0.2, 0.25) is 0 Å². The van der Waals surface area contributed by atoms with E-state index >= 15 is 0 Å². The van der Waals surface area contributed by atoms with E-state index in [1.807, 2.05) is 0 Å². The second-order valence-corrected chi connectivity index (χ2v) is 5.57. The van der Waals surface area contributed by atoms with Gasteiger partial charge in [0.15, 0.2) is 0 Å². The molecule has 98 valence electrons. The molecule has 0 aliphatic rings. The van der Waals surface area contributed by atoms with E-state index in [2.05, 4.69) is 63.7 Å². The molecule has 3 heteroatoms. The van der Waals surface area contributed by atoms with E-state index in [0.29, 0.717) is 6.04 Å². The molecule has 0 aliphatic heterocycles. The molecule has 0 bridgehead atoms. The summed E-state index contributed by atoms with van der Waals surface area (Å²) >= 11 is 0. The topological polar surface area (TPSA) is 9.72 Å². The van der Waals surface area contributed by atoms with Gasteiger partial charge in [-0.2, -0.15) is 0 Å². The molecule has 0 heterocycles. The van der Waals surface area contributed by atoms with Gasteiger partial charge in [0.25, 0.3) is 0 Å². The minimum atomic E-state index is 0.669. The molecule has 0 radical (unpaired) electrons. The lowest BCUT2D eigenvalue weighted by molar-refractivity contribution is 0.177. The normalized spacial score (nSPS) is 14.4. The van der Waals surface area contributed by atoms with Crippen molar-refractivity contribution in [1.82, 2.24) is 14.7 Å². The molecular formula is C13H31N3. The molecule has 0 saturated carbocycles. The van der Waals surface area contributed by atoms with Crippen LogP contribution in [0.3, 0.4) is 0 Å². The Balaban J connectivity index is 3.70. The molecule has 0 rings (SSSR count). The van der Waals surface area contributed by atoms with Gasteiger partial charge in [-0.25, -0.2) is 0 Å². The van der Waals surface area contributed by atoms with Crippen molar-refractivity contribution in [1.29, 1.82) is 0 Å². The lowest BCUT2D eigenvalue weighted by atomic mass is 10.1. The average molecular weight is 229 g/mol. The van der Waals surface area contributed by atoms with E-state index in [4.69, 9.17) is 0 Å². The van der Waals surface area contributed by atoms with Crippen molar-refractivity contribution < 1.29 is 0 Å². The molecule has 0 aliphatic carbocycles. The van der Waals surface area contributed by atoms with Crippen LogP contribution < -0.4 is 0 Å². The third-order valence-corrected chi connectivity index (χ3v) is 3.42. The van der Waals surface area contributed by atoms with Crippen LogP contribution >= 0.6 is 0 Å².